The lowest BCUT2D eigenvalue weighted by molar-refractivity contribution is -0.122. The van der Waals surface area contributed by atoms with Crippen LogP contribution in [0, 0.1) is 0 Å². The topological polar surface area (TPSA) is 73.6 Å². The molecule has 118 valence electrons. The average molecular weight is 335 g/mol. The number of carbonyl (C=O) groups excluding carboxylic acids is 1. The molecule has 0 saturated carbocycles. The monoisotopic (exact) mass is 334 g/mol. The summed E-state index contributed by atoms with van der Waals surface area (Å²) in [7, 11) is 0. The Morgan fingerprint density at radius 2 is 2.14 bits per heavy atom. The van der Waals surface area contributed by atoms with Crippen molar-refractivity contribution in [2.24, 2.45) is 5.73 Å². The lowest BCUT2D eigenvalue weighted by atomic mass is 10.1. The first kappa shape index (κ1) is 17.9. The van der Waals surface area contributed by atoms with Crippen LogP contribution in [-0.4, -0.2) is 25.2 Å². The largest absolute Gasteiger partial charge is 0.486 e. The molecule has 0 aromatic heterocycles. The molecule has 7 heteroatoms. The second-order valence-electron chi connectivity index (χ2n) is 4.71. The third-order valence-electron chi connectivity index (χ3n) is 3.06. The number of benzene rings is 1. The number of nitrogens with one attached hydrogen (secondary N) is 1. The summed E-state index contributed by atoms with van der Waals surface area (Å²) in [5.41, 5.74) is 6.61. The van der Waals surface area contributed by atoms with Gasteiger partial charge >= 0.3 is 0 Å². The number of carbonyl (C=O) groups is 1. The standard InChI is InChI=1S/C14H19ClN2O3.ClH/c1-2-3-11(16)14(18)17-8-9-6-10(15)13-12(7-9)19-4-5-20-13;/h6-7,11H,2-5,8,16H2,1H3,(H,17,18);1H. The number of hydrogen-bond acceptors (Lipinski definition) is 4. The summed E-state index contributed by atoms with van der Waals surface area (Å²) in [6.07, 6.45) is 1.55. The van der Waals surface area contributed by atoms with Crippen molar-refractivity contribution in [3.63, 3.8) is 0 Å². The van der Waals surface area contributed by atoms with Crippen molar-refractivity contribution in [3.8, 4) is 11.5 Å². The van der Waals surface area contributed by atoms with Gasteiger partial charge in [-0.2, -0.15) is 0 Å². The fraction of sp³-hybridized carbons (Fsp3) is 0.500. The van der Waals surface area contributed by atoms with E-state index in [1.165, 1.54) is 0 Å². The van der Waals surface area contributed by atoms with E-state index in [1.54, 1.807) is 6.07 Å². The third-order valence-corrected chi connectivity index (χ3v) is 3.34. The number of fused-ring (bicyclic) bond motifs is 1. The zero-order valence-electron chi connectivity index (χ0n) is 11.9. The number of nitrogens with two attached hydrogens (primary N) is 1. The molecule has 1 aliphatic heterocycles. The van der Waals surface area contributed by atoms with Gasteiger partial charge in [-0.1, -0.05) is 24.9 Å². The highest BCUT2D eigenvalue weighted by Gasteiger charge is 2.17. The Bertz CT molecular complexity index is 497. The molecule has 0 fully saturated rings. The van der Waals surface area contributed by atoms with Crippen LogP contribution in [0.25, 0.3) is 0 Å². The Balaban J connectivity index is 0.00000220. The molecule has 1 unspecified atom stereocenters. The van der Waals surface area contributed by atoms with Gasteiger partial charge in [0.05, 0.1) is 11.1 Å². The van der Waals surface area contributed by atoms with Crippen molar-refractivity contribution in [3.05, 3.63) is 22.7 Å². The summed E-state index contributed by atoms with van der Waals surface area (Å²) in [6.45, 7) is 3.36. The van der Waals surface area contributed by atoms with E-state index in [0.29, 0.717) is 42.7 Å². The van der Waals surface area contributed by atoms with Crippen molar-refractivity contribution in [2.75, 3.05) is 13.2 Å². The molecule has 1 heterocycles. The number of hydrogen-bond donors (Lipinski definition) is 2. The van der Waals surface area contributed by atoms with Crippen LogP contribution in [0.15, 0.2) is 12.1 Å². The maximum atomic E-state index is 11.8. The van der Waals surface area contributed by atoms with E-state index in [1.807, 2.05) is 13.0 Å². The van der Waals surface area contributed by atoms with Crippen LogP contribution in [0.1, 0.15) is 25.3 Å². The Kier molecular flexibility index (Phi) is 7.08. The summed E-state index contributed by atoms with van der Waals surface area (Å²) in [6, 6.07) is 3.12. The predicted octanol–water partition coefficient (Wildman–Crippen LogP) is 2.28. The third kappa shape index (κ3) is 4.66. The zero-order valence-corrected chi connectivity index (χ0v) is 13.4. The van der Waals surface area contributed by atoms with E-state index in [9.17, 15) is 4.79 Å². The van der Waals surface area contributed by atoms with Gasteiger partial charge in [0.25, 0.3) is 0 Å². The first-order chi connectivity index (χ1) is 9.61. The predicted molar refractivity (Wildman–Crippen MR) is 84.4 cm³/mol. The molecule has 5 nitrogen and oxygen atoms in total. The summed E-state index contributed by atoms with van der Waals surface area (Å²) >= 11 is 6.13. The van der Waals surface area contributed by atoms with Gasteiger partial charge in [-0.05, 0) is 24.1 Å². The fourth-order valence-corrected chi connectivity index (χ4v) is 2.32. The molecule has 0 aliphatic carbocycles. The number of halogens is 2. The summed E-state index contributed by atoms with van der Waals surface area (Å²) < 4.78 is 10.9. The quantitative estimate of drug-likeness (QED) is 0.866. The van der Waals surface area contributed by atoms with Crippen molar-refractivity contribution >= 4 is 29.9 Å². The van der Waals surface area contributed by atoms with Crippen molar-refractivity contribution in [1.82, 2.24) is 5.32 Å². The Morgan fingerprint density at radius 1 is 1.43 bits per heavy atom. The fourth-order valence-electron chi connectivity index (χ4n) is 2.03. The van der Waals surface area contributed by atoms with E-state index in [0.717, 1.165) is 12.0 Å². The van der Waals surface area contributed by atoms with Gasteiger partial charge in [-0.3, -0.25) is 4.79 Å². The molecule has 1 aliphatic rings. The van der Waals surface area contributed by atoms with Crippen molar-refractivity contribution < 1.29 is 14.3 Å². The van der Waals surface area contributed by atoms with Gasteiger partial charge in [-0.15, -0.1) is 12.4 Å². The SMILES string of the molecule is CCCC(N)C(=O)NCc1cc(Cl)c2c(c1)OCCO2.Cl. The lowest BCUT2D eigenvalue weighted by Gasteiger charge is -2.20. The average Bonchev–Trinajstić information content (AvgIpc) is 2.45. The molecule has 0 saturated heterocycles. The van der Waals surface area contributed by atoms with Crippen LogP contribution >= 0.6 is 24.0 Å². The molecule has 1 aromatic carbocycles. The maximum absolute atomic E-state index is 11.8. The number of ether oxygens (including phenoxy) is 2. The molecule has 0 bridgehead atoms. The summed E-state index contributed by atoms with van der Waals surface area (Å²) in [4.78, 5) is 11.8. The first-order valence-electron chi connectivity index (χ1n) is 6.73. The zero-order chi connectivity index (χ0) is 14.5. The van der Waals surface area contributed by atoms with Crippen LogP contribution < -0.4 is 20.5 Å². The van der Waals surface area contributed by atoms with Crippen LogP contribution in [0.2, 0.25) is 5.02 Å². The van der Waals surface area contributed by atoms with Gasteiger partial charge in [0, 0.05) is 6.54 Å². The van der Waals surface area contributed by atoms with E-state index in [4.69, 9.17) is 26.8 Å². The minimum atomic E-state index is -0.465. The minimum Gasteiger partial charge on any atom is -0.486 e. The lowest BCUT2D eigenvalue weighted by Crippen LogP contribution is -2.40. The molecule has 3 N–H and O–H groups in total. The van der Waals surface area contributed by atoms with E-state index < -0.39 is 6.04 Å². The van der Waals surface area contributed by atoms with Crippen LogP contribution in [0.4, 0.5) is 0 Å². The van der Waals surface area contributed by atoms with Crippen LogP contribution in [0.3, 0.4) is 0 Å². The molecule has 1 atom stereocenters. The molecule has 1 aromatic rings. The van der Waals surface area contributed by atoms with E-state index in [2.05, 4.69) is 5.32 Å². The van der Waals surface area contributed by atoms with Gasteiger partial charge < -0.3 is 20.5 Å². The Morgan fingerprint density at radius 3 is 2.86 bits per heavy atom. The summed E-state index contributed by atoms with van der Waals surface area (Å²) in [5.74, 6) is 1.03. The maximum Gasteiger partial charge on any atom is 0.237 e. The van der Waals surface area contributed by atoms with E-state index in [-0.39, 0.29) is 18.3 Å². The smallest absolute Gasteiger partial charge is 0.237 e. The molecule has 0 spiro atoms. The second kappa shape index (κ2) is 8.32. The van der Waals surface area contributed by atoms with Crippen molar-refractivity contribution in [1.29, 1.82) is 0 Å². The second-order valence-corrected chi connectivity index (χ2v) is 5.12. The molecular weight excluding hydrogens is 315 g/mol. The molecular formula is C14H20Cl2N2O3. The minimum absolute atomic E-state index is 0. The highest BCUT2D eigenvalue weighted by atomic mass is 35.5. The van der Waals surface area contributed by atoms with Crippen molar-refractivity contribution in [2.45, 2.75) is 32.4 Å². The molecule has 0 radical (unpaired) electrons. The van der Waals surface area contributed by atoms with Gasteiger partial charge in [0.2, 0.25) is 5.91 Å². The van der Waals surface area contributed by atoms with Gasteiger partial charge in [-0.25, -0.2) is 0 Å². The number of rotatable bonds is 5. The van der Waals surface area contributed by atoms with E-state index >= 15 is 0 Å². The normalized spacial score (nSPS) is 14.0. The van der Waals surface area contributed by atoms with Crippen LogP contribution in [0.5, 0.6) is 11.5 Å². The first-order valence-corrected chi connectivity index (χ1v) is 7.11. The van der Waals surface area contributed by atoms with Gasteiger partial charge in [0.1, 0.15) is 13.2 Å². The molecule has 1 amide bonds. The van der Waals surface area contributed by atoms with Crippen LogP contribution in [-0.2, 0) is 11.3 Å². The highest BCUT2D eigenvalue weighted by Crippen LogP contribution is 2.38. The molecule has 2 rings (SSSR count). The Hall–Kier alpha value is -1.17. The Labute approximate surface area is 135 Å². The van der Waals surface area contributed by atoms with Gasteiger partial charge in [0.15, 0.2) is 11.5 Å². The molecule has 21 heavy (non-hydrogen) atoms. The summed E-state index contributed by atoms with van der Waals surface area (Å²) in [5, 5.41) is 3.29. The highest BCUT2D eigenvalue weighted by molar-refractivity contribution is 6.32. The number of amides is 1.